The Morgan fingerprint density at radius 1 is 1.35 bits per heavy atom. The summed E-state index contributed by atoms with van der Waals surface area (Å²) in [6.45, 7) is 7.60. The van der Waals surface area contributed by atoms with Crippen LogP contribution < -0.4 is 10.5 Å². The third kappa shape index (κ3) is 3.37. The van der Waals surface area contributed by atoms with Gasteiger partial charge in [-0.2, -0.15) is 0 Å². The monoisotopic (exact) mass is 236 g/mol. The second kappa shape index (κ2) is 5.41. The van der Waals surface area contributed by atoms with Crippen molar-refractivity contribution < 1.29 is 4.74 Å². The van der Waals surface area contributed by atoms with E-state index in [0.717, 1.165) is 18.7 Å². The molecule has 1 rings (SSSR count). The van der Waals surface area contributed by atoms with E-state index in [4.69, 9.17) is 10.5 Å². The quantitative estimate of drug-likeness (QED) is 0.799. The van der Waals surface area contributed by atoms with E-state index >= 15 is 0 Å². The van der Waals surface area contributed by atoms with Crippen LogP contribution in [0.4, 0.5) is 5.69 Å². The average Bonchev–Trinajstić information content (AvgIpc) is 2.29. The Kier molecular flexibility index (Phi) is 4.40. The fourth-order valence-electron chi connectivity index (χ4n) is 1.64. The molecule has 0 radical (unpaired) electrons. The van der Waals surface area contributed by atoms with Gasteiger partial charge in [-0.15, -0.1) is 0 Å². The third-order valence-corrected chi connectivity index (χ3v) is 3.61. The summed E-state index contributed by atoms with van der Waals surface area (Å²) in [6, 6.07) is 5.98. The molecule has 1 aromatic rings. The van der Waals surface area contributed by atoms with Gasteiger partial charge in [-0.05, 0) is 45.0 Å². The molecular formula is C14H24N2O. The van der Waals surface area contributed by atoms with Gasteiger partial charge in [0.15, 0.2) is 0 Å². The first-order valence-corrected chi connectivity index (χ1v) is 6.04. The summed E-state index contributed by atoms with van der Waals surface area (Å²) >= 11 is 0. The van der Waals surface area contributed by atoms with Crippen LogP contribution in [0.3, 0.4) is 0 Å². The van der Waals surface area contributed by atoms with Gasteiger partial charge < -0.3 is 10.5 Å². The number of rotatable bonds is 5. The van der Waals surface area contributed by atoms with Crippen molar-refractivity contribution in [3.8, 4) is 5.75 Å². The van der Waals surface area contributed by atoms with Crippen LogP contribution in [0.25, 0.3) is 0 Å². The Hall–Kier alpha value is -1.22. The van der Waals surface area contributed by atoms with Crippen molar-refractivity contribution >= 4 is 5.69 Å². The third-order valence-electron chi connectivity index (χ3n) is 3.61. The zero-order valence-corrected chi connectivity index (χ0v) is 11.6. The van der Waals surface area contributed by atoms with Crippen molar-refractivity contribution in [2.45, 2.75) is 39.3 Å². The van der Waals surface area contributed by atoms with E-state index in [1.807, 2.05) is 12.1 Å². The first-order valence-electron chi connectivity index (χ1n) is 6.04. The molecule has 17 heavy (non-hydrogen) atoms. The van der Waals surface area contributed by atoms with Crippen molar-refractivity contribution in [2.75, 3.05) is 19.9 Å². The number of methoxy groups -OCH3 is 1. The Bertz CT molecular complexity index is 374. The van der Waals surface area contributed by atoms with E-state index in [0.29, 0.717) is 5.69 Å². The number of nitrogens with two attached hydrogens (primary N) is 1. The van der Waals surface area contributed by atoms with E-state index in [1.165, 1.54) is 5.56 Å². The van der Waals surface area contributed by atoms with Crippen LogP contribution in [0.2, 0.25) is 0 Å². The second-order valence-corrected chi connectivity index (χ2v) is 5.10. The highest BCUT2D eigenvalue weighted by Crippen LogP contribution is 2.24. The number of ether oxygens (including phenoxy) is 1. The topological polar surface area (TPSA) is 38.5 Å². The molecule has 3 nitrogen and oxygen atoms in total. The summed E-state index contributed by atoms with van der Waals surface area (Å²) in [4.78, 5) is 2.34. The lowest BCUT2D eigenvalue weighted by Crippen LogP contribution is -2.39. The lowest BCUT2D eigenvalue weighted by atomic mass is 9.99. The molecule has 0 saturated heterocycles. The molecule has 0 aromatic heterocycles. The highest BCUT2D eigenvalue weighted by Gasteiger charge is 2.21. The van der Waals surface area contributed by atoms with Gasteiger partial charge in [0.25, 0.3) is 0 Å². The maximum absolute atomic E-state index is 5.91. The summed E-state index contributed by atoms with van der Waals surface area (Å²) in [5.41, 5.74) is 8.03. The molecule has 0 saturated carbocycles. The SMILES string of the molecule is CCC(C)(C)N(C)Cc1ccc(OC)c(N)c1. The number of nitrogen functional groups attached to an aromatic ring is 1. The van der Waals surface area contributed by atoms with Gasteiger partial charge in [-0.3, -0.25) is 4.90 Å². The predicted octanol–water partition coefficient (Wildman–Crippen LogP) is 2.90. The van der Waals surface area contributed by atoms with Crippen LogP contribution in [-0.4, -0.2) is 24.6 Å². The zero-order valence-electron chi connectivity index (χ0n) is 11.6. The molecule has 0 atom stereocenters. The fraction of sp³-hybridized carbons (Fsp3) is 0.571. The minimum absolute atomic E-state index is 0.203. The van der Waals surface area contributed by atoms with Gasteiger partial charge >= 0.3 is 0 Å². The molecule has 0 unspecified atom stereocenters. The minimum atomic E-state index is 0.203. The predicted molar refractivity (Wildman–Crippen MR) is 73.2 cm³/mol. The van der Waals surface area contributed by atoms with Crippen molar-refractivity contribution in [3.05, 3.63) is 23.8 Å². The lowest BCUT2D eigenvalue weighted by Gasteiger charge is -2.35. The average molecular weight is 236 g/mol. The molecule has 0 aliphatic carbocycles. The number of benzene rings is 1. The fourth-order valence-corrected chi connectivity index (χ4v) is 1.64. The van der Waals surface area contributed by atoms with Crippen LogP contribution in [0.1, 0.15) is 32.8 Å². The van der Waals surface area contributed by atoms with Crippen LogP contribution in [0.5, 0.6) is 5.75 Å². The molecule has 0 amide bonds. The number of anilines is 1. The van der Waals surface area contributed by atoms with Gasteiger partial charge in [0.05, 0.1) is 12.8 Å². The van der Waals surface area contributed by atoms with Gasteiger partial charge in [0.1, 0.15) is 5.75 Å². The van der Waals surface area contributed by atoms with E-state index in [9.17, 15) is 0 Å². The van der Waals surface area contributed by atoms with E-state index in [1.54, 1.807) is 7.11 Å². The van der Waals surface area contributed by atoms with Crippen molar-refractivity contribution in [3.63, 3.8) is 0 Å². The minimum Gasteiger partial charge on any atom is -0.495 e. The van der Waals surface area contributed by atoms with Crippen LogP contribution in [0.15, 0.2) is 18.2 Å². The van der Waals surface area contributed by atoms with E-state index in [-0.39, 0.29) is 5.54 Å². The smallest absolute Gasteiger partial charge is 0.141 e. The van der Waals surface area contributed by atoms with Crippen molar-refractivity contribution in [1.82, 2.24) is 4.90 Å². The normalized spacial score (nSPS) is 11.9. The standard InChI is InChI=1S/C14H24N2O/c1-6-14(2,3)16(4)10-11-7-8-13(17-5)12(15)9-11/h7-9H,6,10,15H2,1-5H3. The van der Waals surface area contributed by atoms with Crippen LogP contribution >= 0.6 is 0 Å². The maximum Gasteiger partial charge on any atom is 0.141 e. The zero-order chi connectivity index (χ0) is 13.1. The highest BCUT2D eigenvalue weighted by atomic mass is 16.5. The Balaban J connectivity index is 2.79. The first-order chi connectivity index (χ1) is 7.90. The largest absolute Gasteiger partial charge is 0.495 e. The van der Waals surface area contributed by atoms with Crippen molar-refractivity contribution in [1.29, 1.82) is 0 Å². The molecule has 0 bridgehead atoms. The van der Waals surface area contributed by atoms with Gasteiger partial charge in [-0.1, -0.05) is 13.0 Å². The molecule has 0 fully saturated rings. The van der Waals surface area contributed by atoms with E-state index < -0.39 is 0 Å². The van der Waals surface area contributed by atoms with Gasteiger partial charge in [0.2, 0.25) is 0 Å². The summed E-state index contributed by atoms with van der Waals surface area (Å²) in [5, 5.41) is 0. The Labute approximate surface area is 105 Å². The first kappa shape index (κ1) is 13.8. The molecule has 0 aliphatic heterocycles. The summed E-state index contributed by atoms with van der Waals surface area (Å²) in [5.74, 6) is 0.742. The lowest BCUT2D eigenvalue weighted by molar-refractivity contribution is 0.143. The second-order valence-electron chi connectivity index (χ2n) is 5.10. The molecular weight excluding hydrogens is 212 g/mol. The van der Waals surface area contributed by atoms with Crippen LogP contribution in [-0.2, 0) is 6.54 Å². The molecule has 0 spiro atoms. The molecule has 0 aliphatic rings. The van der Waals surface area contributed by atoms with E-state index in [2.05, 4.69) is 38.8 Å². The van der Waals surface area contributed by atoms with Gasteiger partial charge in [0, 0.05) is 12.1 Å². The number of hydrogen-bond acceptors (Lipinski definition) is 3. The van der Waals surface area contributed by atoms with Crippen molar-refractivity contribution in [2.24, 2.45) is 0 Å². The molecule has 2 N–H and O–H groups in total. The maximum atomic E-state index is 5.91. The Morgan fingerprint density at radius 3 is 2.47 bits per heavy atom. The highest BCUT2D eigenvalue weighted by molar-refractivity contribution is 5.54. The number of nitrogens with zero attached hydrogens (tertiary/aromatic N) is 1. The van der Waals surface area contributed by atoms with Crippen LogP contribution in [0, 0.1) is 0 Å². The number of hydrogen-bond donors (Lipinski definition) is 1. The molecule has 3 heteroatoms. The molecule has 0 heterocycles. The Morgan fingerprint density at radius 2 is 2.00 bits per heavy atom. The van der Waals surface area contributed by atoms with Gasteiger partial charge in [-0.25, -0.2) is 0 Å². The summed E-state index contributed by atoms with van der Waals surface area (Å²) in [6.07, 6.45) is 1.12. The molecule has 1 aromatic carbocycles. The summed E-state index contributed by atoms with van der Waals surface area (Å²) < 4.78 is 5.15. The molecule has 96 valence electrons. The summed E-state index contributed by atoms with van der Waals surface area (Å²) in [7, 11) is 3.78.